The molecule has 2 fully saturated rings. The Bertz CT molecular complexity index is 1230. The van der Waals surface area contributed by atoms with Crippen LogP contribution in [-0.4, -0.2) is 90.4 Å². The van der Waals surface area contributed by atoms with Crippen LogP contribution < -0.4 is 21.3 Å². The Morgan fingerprint density at radius 2 is 1.58 bits per heavy atom. The van der Waals surface area contributed by atoms with Gasteiger partial charge in [-0.2, -0.15) is 13.2 Å². The highest BCUT2D eigenvalue weighted by Gasteiger charge is 2.48. The quantitative estimate of drug-likeness (QED) is 0.0721. The van der Waals surface area contributed by atoms with Crippen molar-refractivity contribution >= 4 is 35.5 Å². The lowest BCUT2D eigenvalue weighted by Gasteiger charge is -2.37. The van der Waals surface area contributed by atoms with Crippen LogP contribution in [0.5, 0.6) is 0 Å². The highest BCUT2D eigenvalue weighted by molar-refractivity contribution is 6.38. The van der Waals surface area contributed by atoms with Gasteiger partial charge in [-0.25, -0.2) is 9.59 Å². The smallest absolute Gasteiger partial charge is 0.389 e. The van der Waals surface area contributed by atoms with E-state index in [0.717, 1.165) is 12.8 Å². The Morgan fingerprint density at radius 3 is 2.10 bits per heavy atom. The summed E-state index contributed by atoms with van der Waals surface area (Å²) in [6.07, 6.45) is -2.36. The molecule has 15 heteroatoms. The number of carbonyl (C=O) groups is 6. The molecule has 2 rings (SSSR count). The van der Waals surface area contributed by atoms with Gasteiger partial charge in [-0.15, -0.1) is 6.58 Å². The first-order chi connectivity index (χ1) is 23.2. The van der Waals surface area contributed by atoms with Crippen LogP contribution in [0, 0.1) is 29.1 Å². The molecular weight excluding hydrogens is 659 g/mol. The number of ether oxygens (including phenoxy) is 1. The van der Waals surface area contributed by atoms with Crippen molar-refractivity contribution in [3.8, 4) is 0 Å². The van der Waals surface area contributed by atoms with Crippen LogP contribution in [0.1, 0.15) is 93.4 Å². The Hall–Kier alpha value is -3.65. The van der Waals surface area contributed by atoms with Crippen molar-refractivity contribution < 1.29 is 46.7 Å². The number of Topliss-reactive ketones (excluding diaryl/α,β-unsaturated/α-hetero) is 1. The fraction of sp³-hybridized carbons (Fsp3) is 0.771. The van der Waals surface area contributed by atoms with Crippen molar-refractivity contribution in [1.29, 1.82) is 0 Å². The highest BCUT2D eigenvalue weighted by atomic mass is 19.4. The van der Waals surface area contributed by atoms with Crippen LogP contribution in [0.2, 0.25) is 0 Å². The number of nitrogens with zero attached hydrogens (tertiary/aromatic N) is 1. The maximum Gasteiger partial charge on any atom is 0.389 e. The zero-order chi connectivity index (χ0) is 38.0. The Morgan fingerprint density at radius 1 is 0.940 bits per heavy atom. The molecule has 50 heavy (non-hydrogen) atoms. The van der Waals surface area contributed by atoms with Crippen molar-refractivity contribution in [3.05, 3.63) is 12.7 Å². The van der Waals surface area contributed by atoms with E-state index in [0.29, 0.717) is 12.3 Å². The molecule has 0 radical (unpaired) electrons. The van der Waals surface area contributed by atoms with Crippen molar-refractivity contribution in [1.82, 2.24) is 26.2 Å². The van der Waals surface area contributed by atoms with Crippen molar-refractivity contribution in [2.75, 3.05) is 19.7 Å². The Kier molecular flexibility index (Phi) is 15.8. The van der Waals surface area contributed by atoms with Gasteiger partial charge >= 0.3 is 18.2 Å². The summed E-state index contributed by atoms with van der Waals surface area (Å²) in [7, 11) is 0. The van der Waals surface area contributed by atoms with Gasteiger partial charge in [-0.3, -0.25) is 19.2 Å². The summed E-state index contributed by atoms with van der Waals surface area (Å²) in [5.74, 6) is -4.35. The monoisotopic (exact) mass is 715 g/mol. The first kappa shape index (κ1) is 42.5. The second-order valence-electron chi connectivity index (χ2n) is 15.2. The molecule has 1 unspecified atom stereocenters. The largest absolute Gasteiger partial charge is 0.464 e. The number of amides is 5. The Labute approximate surface area is 293 Å². The summed E-state index contributed by atoms with van der Waals surface area (Å²) in [6, 6.07) is -5.41. The van der Waals surface area contributed by atoms with Crippen LogP contribution >= 0.6 is 0 Å². The van der Waals surface area contributed by atoms with Crippen LogP contribution in [0.4, 0.5) is 18.0 Å². The molecule has 0 bridgehead atoms. The van der Waals surface area contributed by atoms with E-state index in [1.807, 2.05) is 13.8 Å². The molecule has 1 saturated heterocycles. The minimum atomic E-state index is -4.40. The van der Waals surface area contributed by atoms with E-state index < -0.39 is 77.7 Å². The molecule has 0 spiro atoms. The molecule has 1 heterocycles. The molecule has 0 aromatic heterocycles. The number of ketones is 1. The normalized spacial score (nSPS) is 19.7. The molecule has 12 nitrogen and oxygen atoms in total. The lowest BCUT2D eigenvalue weighted by atomic mass is 9.84. The van der Waals surface area contributed by atoms with Gasteiger partial charge in [0.25, 0.3) is 5.91 Å². The minimum Gasteiger partial charge on any atom is -0.464 e. The molecule has 4 N–H and O–H groups in total. The molecule has 2 aliphatic rings. The maximum atomic E-state index is 14.3. The van der Waals surface area contributed by atoms with Gasteiger partial charge in [0.2, 0.25) is 17.6 Å². The molecule has 1 saturated carbocycles. The fourth-order valence-electron chi connectivity index (χ4n) is 5.91. The molecule has 1 aliphatic heterocycles. The SMILES string of the molecule is C=CCNC(=O)C(=O)C(CCCCC(F)(F)F)NC(=O)[C@@H]1[C@@H](C(C)C)CCN1C(=O)[C@@H](NC(=O)N[C@H](C(=O)OCC1CC1)C(C)C)C(C)(C)C. The average Bonchev–Trinajstić information content (AvgIpc) is 3.74. The third-order valence-electron chi connectivity index (χ3n) is 9.07. The maximum absolute atomic E-state index is 14.3. The number of unbranched alkanes of at least 4 members (excludes halogenated alkanes) is 1. The summed E-state index contributed by atoms with van der Waals surface area (Å²) in [6.45, 7) is 16.4. The third-order valence-corrected chi connectivity index (χ3v) is 9.07. The number of rotatable bonds is 18. The van der Waals surface area contributed by atoms with Crippen LogP contribution in [0.3, 0.4) is 0 Å². The van der Waals surface area contributed by atoms with Gasteiger partial charge in [0.05, 0.1) is 12.6 Å². The van der Waals surface area contributed by atoms with Crippen molar-refractivity contribution in [2.24, 2.45) is 29.1 Å². The van der Waals surface area contributed by atoms with Crippen LogP contribution in [0.25, 0.3) is 0 Å². The summed E-state index contributed by atoms with van der Waals surface area (Å²) >= 11 is 0. The third kappa shape index (κ3) is 13.2. The number of nitrogens with one attached hydrogen (secondary N) is 4. The van der Waals surface area contributed by atoms with Crippen LogP contribution in [-0.2, 0) is 28.7 Å². The van der Waals surface area contributed by atoms with Gasteiger partial charge in [-0.05, 0) is 61.2 Å². The van der Waals surface area contributed by atoms with E-state index in [9.17, 15) is 41.9 Å². The fourth-order valence-corrected chi connectivity index (χ4v) is 5.91. The van der Waals surface area contributed by atoms with Gasteiger partial charge in [0.15, 0.2) is 0 Å². The molecule has 5 atom stereocenters. The van der Waals surface area contributed by atoms with E-state index in [-0.39, 0.29) is 56.7 Å². The first-order valence-electron chi connectivity index (χ1n) is 17.5. The average molecular weight is 716 g/mol. The lowest BCUT2D eigenvalue weighted by Crippen LogP contribution is -2.62. The topological polar surface area (TPSA) is 163 Å². The summed E-state index contributed by atoms with van der Waals surface area (Å²) in [4.78, 5) is 81.3. The number of hydrogen-bond donors (Lipinski definition) is 4. The summed E-state index contributed by atoms with van der Waals surface area (Å²) in [5, 5.41) is 10.3. The number of urea groups is 1. The van der Waals surface area contributed by atoms with Gasteiger partial charge in [0, 0.05) is 19.5 Å². The van der Waals surface area contributed by atoms with Crippen LogP contribution in [0.15, 0.2) is 12.7 Å². The van der Waals surface area contributed by atoms with E-state index in [2.05, 4.69) is 27.8 Å². The molecular formula is C35H56F3N5O7. The van der Waals surface area contributed by atoms with E-state index in [4.69, 9.17) is 4.74 Å². The highest BCUT2D eigenvalue weighted by Crippen LogP contribution is 2.34. The molecule has 1 aliphatic carbocycles. The summed E-state index contributed by atoms with van der Waals surface area (Å²) < 4.78 is 43.7. The predicted octanol–water partition coefficient (Wildman–Crippen LogP) is 4.03. The number of alkyl halides is 3. The van der Waals surface area contributed by atoms with Gasteiger partial charge < -0.3 is 30.9 Å². The van der Waals surface area contributed by atoms with Crippen molar-refractivity contribution in [3.63, 3.8) is 0 Å². The van der Waals surface area contributed by atoms with E-state index in [1.165, 1.54) is 11.0 Å². The summed E-state index contributed by atoms with van der Waals surface area (Å²) in [5.41, 5.74) is -0.856. The number of halogens is 3. The molecule has 0 aromatic carbocycles. The predicted molar refractivity (Wildman–Crippen MR) is 180 cm³/mol. The van der Waals surface area contributed by atoms with Gasteiger partial charge in [0.1, 0.15) is 18.1 Å². The second-order valence-corrected chi connectivity index (χ2v) is 15.2. The number of hydrogen-bond acceptors (Lipinski definition) is 7. The van der Waals surface area contributed by atoms with E-state index in [1.54, 1.807) is 34.6 Å². The first-order valence-corrected chi connectivity index (χ1v) is 17.5. The van der Waals surface area contributed by atoms with Gasteiger partial charge in [-0.1, -0.05) is 61.0 Å². The number of carbonyl (C=O) groups excluding carboxylic acids is 6. The lowest BCUT2D eigenvalue weighted by molar-refractivity contribution is -0.147. The molecule has 284 valence electrons. The zero-order valence-corrected chi connectivity index (χ0v) is 30.4. The second kappa shape index (κ2) is 18.5. The van der Waals surface area contributed by atoms with E-state index >= 15 is 0 Å². The minimum absolute atomic E-state index is 0.0338. The molecule has 0 aromatic rings. The van der Waals surface area contributed by atoms with Crippen molar-refractivity contribution in [2.45, 2.75) is 124 Å². The number of likely N-dealkylation sites (tertiary alicyclic amines) is 1. The zero-order valence-electron chi connectivity index (χ0n) is 30.4. The Balaban J connectivity index is 2.30. The molecule has 5 amide bonds. The number of esters is 1. The standard InChI is InChI=1S/C35H56F3N5O7/c1-9-17-39-30(46)27(44)24(12-10-11-16-35(36,37)38)40-29(45)26-23(20(2)3)15-18-43(26)31(47)28(34(6,7)8)42-33(49)41-25(21(4)5)32(48)50-19-22-13-14-22/h9,20-26,28H,1,10-19H2,2-8H3,(H,39,46)(H,40,45)(H2,41,42,49)/t23-,24?,25+,26+,28-/m1/s1.